The molecule has 0 aliphatic carbocycles. The van der Waals surface area contributed by atoms with E-state index in [0.29, 0.717) is 18.8 Å². The Morgan fingerprint density at radius 2 is 0.837 bits per heavy atom. The van der Waals surface area contributed by atoms with Crippen molar-refractivity contribution < 1.29 is 102 Å². The zero-order chi connectivity index (χ0) is 65.4. The monoisotopic (exact) mass is 1230 g/mol. The van der Waals surface area contributed by atoms with Crippen LogP contribution in [-0.4, -0.2) is 171 Å². The first-order chi connectivity index (χ1) is 40.3. The molecule has 0 aromatic rings. The van der Waals surface area contributed by atoms with Crippen molar-refractivity contribution in [1.29, 1.82) is 0 Å². The van der Waals surface area contributed by atoms with E-state index in [4.69, 9.17) is 45.0 Å². The molecule has 0 aromatic heterocycles. The van der Waals surface area contributed by atoms with Crippen molar-refractivity contribution >= 4 is 58.9 Å². The number of carboxylic acids is 1. The molecule has 0 aromatic carbocycles. The Kier molecular flexibility index (Phi) is 38.6. The van der Waals surface area contributed by atoms with E-state index < -0.39 is 150 Å². The lowest BCUT2D eigenvalue weighted by molar-refractivity contribution is -0.279. The standard InChI is InChI=1S/C34H60N2O11.C27H46N2O10/c1-21(2)15-13-11-9-7-6-8-10-12-14-16-29(40)45-20-27-30(41)31(23(4)34(44)47-27)46-24(5)26(37)19-22(3)33(43)36-25(32(35)42)17-18-28(38)39;1-14(2)8-7-9-22(32)37-13-21-23(33)24(17(5)27(36)39-21)38-18(6)20(31)12-15(3)26(35)29-19(25(28)34)11-10-16(4)30/h21-25,27,30-31,34,41,44H,6-20H2,1-5H3,(H2,35,42)(H,36,43)(H,38,39);14-15,17-19,21,23-24,27,33,36H,7-13H2,1-6H3,(H2,28,34)(H,29,35)/t22-,23?,24-,25+,27?,30-,31?,34?;15-,17?,18-,19+,21?,23-,24?,27?/m11/s1. The highest BCUT2D eigenvalue weighted by Gasteiger charge is 2.46. The van der Waals surface area contributed by atoms with Gasteiger partial charge in [0.25, 0.3) is 0 Å². The summed E-state index contributed by atoms with van der Waals surface area (Å²) in [6.45, 7) is 18.5. The Labute approximate surface area is 508 Å². The number of Topliss-reactive ketones (excluding diaryl/α,β-unsaturated/α-hetero) is 3. The summed E-state index contributed by atoms with van der Waals surface area (Å²) in [7, 11) is 0. The summed E-state index contributed by atoms with van der Waals surface area (Å²) < 4.78 is 33.1. The normalized spacial score (nSPS) is 24.2. The first-order valence-corrected chi connectivity index (χ1v) is 30.9. The maximum Gasteiger partial charge on any atom is 0.305 e. The predicted octanol–water partition coefficient (Wildman–Crippen LogP) is 4.17. The number of ether oxygens (including phenoxy) is 6. The van der Waals surface area contributed by atoms with Gasteiger partial charge in [-0.2, -0.15) is 0 Å². The van der Waals surface area contributed by atoms with Gasteiger partial charge in [0.15, 0.2) is 24.1 Å². The lowest BCUT2D eigenvalue weighted by Gasteiger charge is -2.42. The molecule has 496 valence electrons. The molecule has 16 atom stereocenters. The lowest BCUT2D eigenvalue weighted by Crippen LogP contribution is -2.57. The van der Waals surface area contributed by atoms with Crippen LogP contribution in [0.3, 0.4) is 0 Å². The summed E-state index contributed by atoms with van der Waals surface area (Å²) in [5.41, 5.74) is 10.6. The van der Waals surface area contributed by atoms with E-state index in [-0.39, 0.29) is 70.4 Å². The third-order valence-corrected chi connectivity index (χ3v) is 15.4. The van der Waals surface area contributed by atoms with Gasteiger partial charge in [0, 0.05) is 62.2 Å². The second-order valence-corrected chi connectivity index (χ2v) is 24.3. The number of nitrogens with two attached hydrogens (primary N) is 2. The number of aliphatic hydroxyl groups is 4. The number of nitrogens with one attached hydrogen (secondary N) is 2. The second kappa shape index (κ2) is 42.0. The summed E-state index contributed by atoms with van der Waals surface area (Å²) in [4.78, 5) is 120. The fraction of sp³-hybridized carbons (Fsp3) is 0.836. The summed E-state index contributed by atoms with van der Waals surface area (Å²) >= 11 is 0. The fourth-order valence-electron chi connectivity index (χ4n) is 9.59. The molecule has 0 bridgehead atoms. The second-order valence-electron chi connectivity index (χ2n) is 24.3. The first-order valence-electron chi connectivity index (χ1n) is 30.9. The number of rotatable bonds is 42. The minimum Gasteiger partial charge on any atom is -0.481 e. The van der Waals surface area contributed by atoms with Gasteiger partial charge in [-0.15, -0.1) is 0 Å². The van der Waals surface area contributed by atoms with Crippen molar-refractivity contribution in [2.45, 2.75) is 278 Å². The van der Waals surface area contributed by atoms with E-state index in [2.05, 4.69) is 38.3 Å². The average molecular weight is 1230 g/mol. The van der Waals surface area contributed by atoms with Crippen LogP contribution in [0.1, 0.15) is 205 Å². The highest BCUT2D eigenvalue weighted by molar-refractivity contribution is 5.92. The molecule has 25 nitrogen and oxygen atoms in total. The zero-order valence-corrected chi connectivity index (χ0v) is 52.9. The first kappa shape index (κ1) is 79.0. The maximum atomic E-state index is 12.9. The molecule has 2 saturated heterocycles. The van der Waals surface area contributed by atoms with Gasteiger partial charge < -0.3 is 80.8 Å². The topological polar surface area (TPSA) is 403 Å². The SMILES string of the molecule is CC(=O)CC[C@H](NC(=O)[C@H](C)CC(=O)[C@@H](C)OC1C(C)C(O)OC(COC(=O)CCCC(C)C)[C@H]1O)C(N)=O.CC(C)CCCCCCCCCCCC(=O)OCC1OC(O)C(C)C(O[C@H](C)C(=O)C[C@@H](C)C(=O)N[C@@H](CCC(=O)O)C(N)=O)[C@@H]1O. The third-order valence-electron chi connectivity index (χ3n) is 15.4. The predicted molar refractivity (Wildman–Crippen MR) is 314 cm³/mol. The highest BCUT2D eigenvalue weighted by Crippen LogP contribution is 2.31. The van der Waals surface area contributed by atoms with Gasteiger partial charge in [-0.05, 0) is 58.3 Å². The number of carbonyl (C=O) groups excluding carboxylic acids is 9. The van der Waals surface area contributed by atoms with Gasteiger partial charge in [0.2, 0.25) is 23.6 Å². The van der Waals surface area contributed by atoms with Crippen molar-refractivity contribution in [1.82, 2.24) is 10.6 Å². The largest absolute Gasteiger partial charge is 0.481 e. The van der Waals surface area contributed by atoms with Crippen molar-refractivity contribution in [2.75, 3.05) is 13.2 Å². The van der Waals surface area contributed by atoms with Gasteiger partial charge >= 0.3 is 17.9 Å². The smallest absolute Gasteiger partial charge is 0.305 e. The van der Waals surface area contributed by atoms with Gasteiger partial charge in [-0.1, -0.05) is 120 Å². The summed E-state index contributed by atoms with van der Waals surface area (Å²) in [6, 6.07) is -2.23. The van der Waals surface area contributed by atoms with Gasteiger partial charge in [0.05, 0.1) is 12.2 Å². The van der Waals surface area contributed by atoms with Crippen molar-refractivity contribution in [3.8, 4) is 0 Å². The molecule has 11 N–H and O–H groups in total. The van der Waals surface area contributed by atoms with E-state index >= 15 is 0 Å². The number of esters is 2. The van der Waals surface area contributed by atoms with Crippen LogP contribution in [0.5, 0.6) is 0 Å². The van der Waals surface area contributed by atoms with Crippen LogP contribution in [0.2, 0.25) is 0 Å². The van der Waals surface area contributed by atoms with Crippen LogP contribution in [0.25, 0.3) is 0 Å². The fourth-order valence-corrected chi connectivity index (χ4v) is 9.59. The number of hydrogen-bond acceptors (Lipinski definition) is 20. The van der Waals surface area contributed by atoms with Crippen LogP contribution in [0, 0.1) is 35.5 Å². The molecule has 86 heavy (non-hydrogen) atoms. The molecule has 2 rings (SSSR count). The Morgan fingerprint density at radius 3 is 1.20 bits per heavy atom. The molecule has 0 spiro atoms. The molecule has 25 heteroatoms. The highest BCUT2D eigenvalue weighted by atomic mass is 16.7. The van der Waals surface area contributed by atoms with E-state index in [1.807, 2.05) is 0 Å². The number of hydrogen-bond donors (Lipinski definition) is 9. The van der Waals surface area contributed by atoms with Crippen molar-refractivity contribution in [2.24, 2.45) is 47.0 Å². The summed E-state index contributed by atoms with van der Waals surface area (Å²) in [5.74, 6) is -7.88. The van der Waals surface area contributed by atoms with Gasteiger partial charge in [0.1, 0.15) is 67.7 Å². The minimum absolute atomic E-state index is 0.0624. The van der Waals surface area contributed by atoms with Gasteiger partial charge in [-0.3, -0.25) is 43.2 Å². The van der Waals surface area contributed by atoms with Crippen LogP contribution >= 0.6 is 0 Å². The van der Waals surface area contributed by atoms with E-state index in [1.54, 1.807) is 13.8 Å². The van der Waals surface area contributed by atoms with Crippen molar-refractivity contribution in [3.63, 3.8) is 0 Å². The van der Waals surface area contributed by atoms with Gasteiger partial charge in [-0.25, -0.2) is 0 Å². The number of aliphatic hydroxyl groups excluding tert-OH is 4. The Balaban J connectivity index is 0.000000875. The zero-order valence-electron chi connectivity index (χ0n) is 52.9. The molecular weight excluding hydrogens is 1120 g/mol. The molecule has 2 aliphatic rings. The Morgan fingerprint density at radius 1 is 0.488 bits per heavy atom. The van der Waals surface area contributed by atoms with E-state index in [1.165, 1.54) is 73.1 Å². The summed E-state index contributed by atoms with van der Waals surface area (Å²) in [5, 5.41) is 56.2. The molecule has 0 saturated carbocycles. The van der Waals surface area contributed by atoms with E-state index in [0.717, 1.165) is 31.6 Å². The molecule has 2 aliphatic heterocycles. The van der Waals surface area contributed by atoms with Crippen LogP contribution in [0.4, 0.5) is 0 Å². The molecule has 4 amide bonds. The molecular formula is C61H106N4O21. The molecule has 8 unspecified atom stereocenters. The molecule has 2 heterocycles. The number of carbonyl (C=O) groups is 10. The molecule has 0 radical (unpaired) electrons. The van der Waals surface area contributed by atoms with Crippen LogP contribution in [-0.2, 0) is 76.4 Å². The quantitative estimate of drug-likeness (QED) is 0.0306. The Hall–Kier alpha value is -5.02. The maximum absolute atomic E-state index is 12.9. The minimum atomic E-state index is -1.34. The van der Waals surface area contributed by atoms with E-state index in [9.17, 15) is 68.4 Å². The summed E-state index contributed by atoms with van der Waals surface area (Å²) in [6.07, 6.45) is 1.02. The number of primary amides is 2. The number of ketones is 3. The number of carboxylic acid groups (broad SMARTS) is 1. The van der Waals surface area contributed by atoms with Crippen LogP contribution in [0.15, 0.2) is 0 Å². The van der Waals surface area contributed by atoms with Crippen LogP contribution < -0.4 is 22.1 Å². The third kappa shape index (κ3) is 31.8. The number of unbranched alkanes of at least 4 members (excludes halogenated alkanes) is 8. The van der Waals surface area contributed by atoms with Crippen molar-refractivity contribution in [3.05, 3.63) is 0 Å². The lowest BCUT2D eigenvalue weighted by atomic mass is 9.91. The molecule has 2 fully saturated rings. The number of amides is 4. The Bertz CT molecular complexity index is 2110. The average Bonchev–Trinajstić information content (AvgIpc) is 2.72. The number of aliphatic carboxylic acids is 1.